The third kappa shape index (κ3) is 3.97. The average molecular weight is 466 g/mol. The number of rotatable bonds is 9. The van der Waals surface area contributed by atoms with E-state index in [1.54, 1.807) is 0 Å². The maximum Gasteiger partial charge on any atom is 0.460 e. The van der Waals surface area contributed by atoms with Crippen molar-refractivity contribution in [3.8, 4) is 0 Å². The molecule has 17 heteroatoms. The monoisotopic (exact) mass is 466 g/mol. The Morgan fingerprint density at radius 1 is 0.679 bits per heavy atom. The molecule has 0 aromatic rings. The Morgan fingerprint density at radius 2 is 1.04 bits per heavy atom. The zero-order chi connectivity index (χ0) is 23.0. The lowest BCUT2D eigenvalue weighted by molar-refractivity contribution is -0.436. The SMILES string of the molecule is CO[Si](/C=C/C(F)(F)C(F)(F)C(F)(F)C(F)(F)C(F)(F)C(F)(F)F)(CO)CO. The lowest BCUT2D eigenvalue weighted by atomic mass is 9.94. The molecule has 0 aliphatic carbocycles. The molecule has 0 heterocycles. The molecule has 0 aliphatic heterocycles. The normalized spacial score (nSPS) is 16.1. The summed E-state index contributed by atoms with van der Waals surface area (Å²) >= 11 is 0. The topological polar surface area (TPSA) is 49.7 Å². The first-order valence-electron chi connectivity index (χ1n) is 6.57. The van der Waals surface area contributed by atoms with Crippen LogP contribution in [0.3, 0.4) is 0 Å². The van der Waals surface area contributed by atoms with E-state index in [-0.39, 0.29) is 5.70 Å². The van der Waals surface area contributed by atoms with Crippen molar-refractivity contribution in [1.82, 2.24) is 0 Å². The van der Waals surface area contributed by atoms with Crippen molar-refractivity contribution in [2.24, 2.45) is 0 Å². The molecule has 0 rings (SSSR count). The van der Waals surface area contributed by atoms with Crippen LogP contribution in [0.25, 0.3) is 0 Å². The highest BCUT2D eigenvalue weighted by Crippen LogP contribution is 2.60. The second-order valence-electron chi connectivity index (χ2n) is 5.34. The highest BCUT2D eigenvalue weighted by atomic mass is 28.4. The Labute approximate surface area is 148 Å². The van der Waals surface area contributed by atoms with Crippen LogP contribution in [0.1, 0.15) is 0 Å². The van der Waals surface area contributed by atoms with Crippen LogP contribution in [0.4, 0.5) is 57.1 Å². The first-order valence-corrected chi connectivity index (χ1v) is 8.97. The molecule has 0 fully saturated rings. The standard InChI is InChI=1S/C11H11F13O3Si/c1-27-28(4-25,5-26)3-2-6(12,13)7(14,15)8(16,17)9(18,19)10(20,21)11(22,23)24/h2-3,25-26H,4-5H2,1H3/b3-2+. The maximum atomic E-state index is 13.5. The van der Waals surface area contributed by atoms with Gasteiger partial charge < -0.3 is 14.6 Å². The number of aliphatic hydroxyl groups is 2. The van der Waals surface area contributed by atoms with Crippen molar-refractivity contribution >= 4 is 8.32 Å². The third-order valence-corrected chi connectivity index (χ3v) is 6.15. The van der Waals surface area contributed by atoms with Gasteiger partial charge in [0.1, 0.15) is 0 Å². The number of aliphatic hydroxyl groups excluding tert-OH is 2. The van der Waals surface area contributed by atoms with Gasteiger partial charge in [0.25, 0.3) is 8.32 Å². The molecule has 0 bridgehead atoms. The molecular weight excluding hydrogens is 455 g/mol. The molecule has 0 unspecified atom stereocenters. The summed E-state index contributed by atoms with van der Waals surface area (Å²) in [7, 11) is -3.56. The smallest absolute Gasteiger partial charge is 0.412 e. The molecule has 0 atom stereocenters. The van der Waals surface area contributed by atoms with Gasteiger partial charge >= 0.3 is 35.8 Å². The first-order chi connectivity index (χ1) is 12.1. The zero-order valence-electron chi connectivity index (χ0n) is 13.3. The van der Waals surface area contributed by atoms with Gasteiger partial charge in [-0.2, -0.15) is 57.1 Å². The Balaban J connectivity index is 6.33. The summed E-state index contributed by atoms with van der Waals surface area (Å²) in [5.74, 6) is -37.6. The number of hydrogen-bond acceptors (Lipinski definition) is 3. The van der Waals surface area contributed by atoms with Crippen molar-refractivity contribution in [2.45, 2.75) is 35.8 Å². The predicted octanol–water partition coefficient (Wildman–Crippen LogP) is 3.48. The molecule has 0 saturated carbocycles. The van der Waals surface area contributed by atoms with Gasteiger partial charge in [-0.15, -0.1) is 0 Å². The Morgan fingerprint density at radius 3 is 1.32 bits per heavy atom. The molecule has 0 spiro atoms. The van der Waals surface area contributed by atoms with Crippen LogP contribution in [0, 0.1) is 0 Å². The van der Waals surface area contributed by atoms with E-state index < -0.39 is 62.6 Å². The van der Waals surface area contributed by atoms with Crippen LogP contribution in [0.15, 0.2) is 11.8 Å². The van der Waals surface area contributed by atoms with Crippen LogP contribution < -0.4 is 0 Å². The van der Waals surface area contributed by atoms with Gasteiger partial charge in [-0.3, -0.25) is 0 Å². The summed E-state index contributed by atoms with van der Waals surface area (Å²) in [4.78, 5) is 0. The Hall–Kier alpha value is -1.07. The molecule has 168 valence electrons. The van der Waals surface area contributed by atoms with E-state index >= 15 is 0 Å². The third-order valence-electron chi connectivity index (χ3n) is 3.50. The second-order valence-corrected chi connectivity index (χ2v) is 8.84. The molecule has 2 N–H and O–H groups in total. The van der Waals surface area contributed by atoms with E-state index in [1.165, 1.54) is 0 Å². The lowest BCUT2D eigenvalue weighted by Crippen LogP contribution is -2.69. The Bertz CT molecular complexity index is 560. The summed E-state index contributed by atoms with van der Waals surface area (Å²) in [6.07, 6.45) is -11.3. The van der Waals surface area contributed by atoms with Crippen LogP contribution in [-0.4, -0.2) is 73.9 Å². The fourth-order valence-corrected chi connectivity index (χ4v) is 2.71. The van der Waals surface area contributed by atoms with Gasteiger partial charge in [-0.1, -0.05) is 5.70 Å². The van der Waals surface area contributed by atoms with Crippen LogP contribution in [0.2, 0.25) is 0 Å². The number of halogens is 13. The highest BCUT2D eigenvalue weighted by Gasteiger charge is 2.90. The fraction of sp³-hybridized carbons (Fsp3) is 0.818. The summed E-state index contributed by atoms with van der Waals surface area (Å²) in [5.41, 5.74) is -0.239. The number of alkyl halides is 13. The van der Waals surface area contributed by atoms with Crippen molar-refractivity contribution in [1.29, 1.82) is 0 Å². The van der Waals surface area contributed by atoms with Crippen molar-refractivity contribution in [3.05, 3.63) is 11.8 Å². The number of allylic oxidation sites excluding steroid dienone is 1. The molecule has 0 aromatic carbocycles. The molecule has 0 radical (unpaired) electrons. The van der Waals surface area contributed by atoms with Gasteiger partial charge in [0.2, 0.25) is 0 Å². The molecule has 0 amide bonds. The molecule has 3 nitrogen and oxygen atoms in total. The van der Waals surface area contributed by atoms with E-state index in [0.29, 0.717) is 7.11 Å². The fourth-order valence-electron chi connectivity index (χ4n) is 1.50. The van der Waals surface area contributed by atoms with Gasteiger partial charge in [0, 0.05) is 7.11 Å². The minimum atomic E-state index is -7.98. The van der Waals surface area contributed by atoms with Gasteiger partial charge in [0.05, 0.1) is 12.5 Å². The second kappa shape index (κ2) is 7.64. The van der Waals surface area contributed by atoms with E-state index in [2.05, 4.69) is 4.43 Å². The average Bonchev–Trinajstić information content (AvgIpc) is 2.54. The molecule has 0 aromatic heterocycles. The van der Waals surface area contributed by atoms with Crippen LogP contribution >= 0.6 is 0 Å². The van der Waals surface area contributed by atoms with Gasteiger partial charge in [-0.05, 0) is 6.08 Å². The molecular formula is C11H11F13O3Si. The minimum Gasteiger partial charge on any atom is -0.412 e. The van der Waals surface area contributed by atoms with Crippen molar-refractivity contribution in [3.63, 3.8) is 0 Å². The molecule has 0 saturated heterocycles. The summed E-state index contributed by atoms with van der Waals surface area (Å²) in [5, 5.41) is 17.7. The van der Waals surface area contributed by atoms with Crippen LogP contribution in [-0.2, 0) is 4.43 Å². The maximum absolute atomic E-state index is 13.5. The van der Waals surface area contributed by atoms with Crippen molar-refractivity contribution in [2.75, 3.05) is 19.6 Å². The van der Waals surface area contributed by atoms with Crippen molar-refractivity contribution < 1.29 is 71.7 Å². The first kappa shape index (κ1) is 26.9. The van der Waals surface area contributed by atoms with E-state index in [9.17, 15) is 57.1 Å². The van der Waals surface area contributed by atoms with Gasteiger partial charge in [-0.25, -0.2) is 0 Å². The largest absolute Gasteiger partial charge is 0.460 e. The van der Waals surface area contributed by atoms with E-state index in [4.69, 9.17) is 10.2 Å². The van der Waals surface area contributed by atoms with E-state index in [1.807, 2.05) is 0 Å². The quantitative estimate of drug-likeness (QED) is 0.404. The summed E-state index contributed by atoms with van der Waals surface area (Å²) in [6, 6.07) is 0. The van der Waals surface area contributed by atoms with Crippen LogP contribution in [0.5, 0.6) is 0 Å². The Kier molecular flexibility index (Phi) is 7.34. The number of hydrogen-bond donors (Lipinski definition) is 2. The zero-order valence-corrected chi connectivity index (χ0v) is 14.3. The highest BCUT2D eigenvalue weighted by molar-refractivity contribution is 6.78. The molecule has 28 heavy (non-hydrogen) atoms. The minimum absolute atomic E-state index is 0.239. The van der Waals surface area contributed by atoms with Gasteiger partial charge in [0.15, 0.2) is 0 Å². The summed E-state index contributed by atoms with van der Waals surface area (Å²) in [6.45, 7) is 0. The summed E-state index contributed by atoms with van der Waals surface area (Å²) < 4.78 is 172. The lowest BCUT2D eigenvalue weighted by Gasteiger charge is -2.39. The van der Waals surface area contributed by atoms with E-state index in [0.717, 1.165) is 0 Å². The predicted molar refractivity (Wildman–Crippen MR) is 66.9 cm³/mol. The molecule has 0 aliphatic rings.